The van der Waals surface area contributed by atoms with Gasteiger partial charge in [0.1, 0.15) is 12.4 Å². The van der Waals surface area contributed by atoms with E-state index in [0.717, 1.165) is 67.0 Å². The highest BCUT2D eigenvalue weighted by molar-refractivity contribution is 5.95. The second-order valence-corrected chi connectivity index (χ2v) is 9.58. The predicted molar refractivity (Wildman–Crippen MR) is 149 cm³/mol. The quantitative estimate of drug-likeness (QED) is 0.392. The van der Waals surface area contributed by atoms with Crippen LogP contribution in [0.3, 0.4) is 0 Å². The van der Waals surface area contributed by atoms with Crippen LogP contribution >= 0.6 is 0 Å². The molecule has 2 heterocycles. The first-order valence-electron chi connectivity index (χ1n) is 13.4. The van der Waals surface area contributed by atoms with E-state index in [0.29, 0.717) is 13.2 Å². The Bertz CT molecular complexity index is 1140. The fourth-order valence-electron chi connectivity index (χ4n) is 5.04. The number of carbonyl (C=O) groups excluding carboxylic acids is 1. The first kappa shape index (κ1) is 26.8. The van der Waals surface area contributed by atoms with Gasteiger partial charge in [-0.15, -0.1) is 0 Å². The molecule has 0 N–H and O–H groups in total. The van der Waals surface area contributed by atoms with Gasteiger partial charge in [0, 0.05) is 50.4 Å². The standard InChI is InChI=1S/C31H39N3O3/c1-3-37-30-12-8-7-11-27(30)22-33-19-9-5-4-6-10-20-34(31(35)24-36-2)29-14-13-26(21-28(29)23-33)25-15-17-32-18-16-25/h7-8,11-18,21H,3-6,9-10,19-20,22-24H2,1-2H3. The number of para-hydroxylation sites is 1. The summed E-state index contributed by atoms with van der Waals surface area (Å²) in [6.07, 6.45) is 9.28. The summed E-state index contributed by atoms with van der Waals surface area (Å²) in [5, 5.41) is 0. The third-order valence-corrected chi connectivity index (χ3v) is 6.87. The molecule has 0 saturated heterocycles. The van der Waals surface area contributed by atoms with Gasteiger partial charge in [-0.05, 0) is 73.3 Å². The highest BCUT2D eigenvalue weighted by Crippen LogP contribution is 2.31. The molecule has 4 rings (SSSR count). The van der Waals surface area contributed by atoms with Gasteiger partial charge in [0.2, 0.25) is 0 Å². The number of hydrogen-bond donors (Lipinski definition) is 0. The highest BCUT2D eigenvalue weighted by Gasteiger charge is 2.21. The smallest absolute Gasteiger partial charge is 0.252 e. The van der Waals surface area contributed by atoms with Gasteiger partial charge in [0.25, 0.3) is 5.91 Å². The van der Waals surface area contributed by atoms with Crippen molar-refractivity contribution in [2.45, 2.75) is 52.1 Å². The van der Waals surface area contributed by atoms with Gasteiger partial charge in [0.05, 0.1) is 6.61 Å². The van der Waals surface area contributed by atoms with Crippen LogP contribution in [0.25, 0.3) is 11.1 Å². The van der Waals surface area contributed by atoms with Crippen LogP contribution in [0.15, 0.2) is 67.0 Å². The lowest BCUT2D eigenvalue weighted by Crippen LogP contribution is -2.36. The Morgan fingerprint density at radius 1 is 0.919 bits per heavy atom. The Balaban J connectivity index is 1.74. The molecular formula is C31H39N3O3. The van der Waals surface area contributed by atoms with Gasteiger partial charge in [-0.2, -0.15) is 0 Å². The number of fused-ring (bicyclic) bond motifs is 1. The van der Waals surface area contributed by atoms with Gasteiger partial charge < -0.3 is 14.4 Å². The number of pyridine rings is 1. The molecule has 0 saturated carbocycles. The summed E-state index contributed by atoms with van der Waals surface area (Å²) in [4.78, 5) is 21.8. The van der Waals surface area contributed by atoms with Crippen molar-refractivity contribution in [2.24, 2.45) is 0 Å². The molecule has 1 aliphatic rings. The molecule has 1 aliphatic heterocycles. The molecule has 3 aromatic rings. The lowest BCUT2D eigenvalue weighted by molar-refractivity contribution is -0.122. The van der Waals surface area contributed by atoms with Crippen molar-refractivity contribution in [1.29, 1.82) is 0 Å². The number of hydrogen-bond acceptors (Lipinski definition) is 5. The Morgan fingerprint density at radius 3 is 2.46 bits per heavy atom. The monoisotopic (exact) mass is 501 g/mol. The number of aromatic nitrogens is 1. The fourth-order valence-corrected chi connectivity index (χ4v) is 5.04. The van der Waals surface area contributed by atoms with Crippen molar-refractivity contribution in [2.75, 3.05) is 38.3 Å². The molecule has 0 unspecified atom stereocenters. The summed E-state index contributed by atoms with van der Waals surface area (Å²) in [6, 6.07) is 18.8. The normalized spacial score (nSPS) is 15.4. The maximum Gasteiger partial charge on any atom is 0.252 e. The molecule has 1 aromatic heterocycles. The Morgan fingerprint density at radius 2 is 1.68 bits per heavy atom. The van der Waals surface area contributed by atoms with E-state index in [1.54, 1.807) is 7.11 Å². The second kappa shape index (κ2) is 13.9. The number of amides is 1. The van der Waals surface area contributed by atoms with E-state index in [2.05, 4.69) is 46.3 Å². The average Bonchev–Trinajstić information content (AvgIpc) is 2.91. The van der Waals surface area contributed by atoms with Crippen molar-refractivity contribution in [3.05, 3.63) is 78.1 Å². The van der Waals surface area contributed by atoms with E-state index in [4.69, 9.17) is 9.47 Å². The molecular weight excluding hydrogens is 462 g/mol. The number of benzene rings is 2. The van der Waals surface area contributed by atoms with Crippen LogP contribution in [0, 0.1) is 0 Å². The fraction of sp³-hybridized carbons (Fsp3) is 0.419. The average molecular weight is 502 g/mol. The summed E-state index contributed by atoms with van der Waals surface area (Å²) in [7, 11) is 1.58. The zero-order valence-corrected chi connectivity index (χ0v) is 22.2. The predicted octanol–water partition coefficient (Wildman–Crippen LogP) is 6.09. The molecule has 0 atom stereocenters. The van der Waals surface area contributed by atoms with Crippen molar-refractivity contribution in [1.82, 2.24) is 9.88 Å². The molecule has 6 heteroatoms. The first-order chi connectivity index (χ1) is 18.2. The lowest BCUT2D eigenvalue weighted by Gasteiger charge is -2.30. The number of anilines is 1. The lowest BCUT2D eigenvalue weighted by atomic mass is 10.0. The molecule has 0 bridgehead atoms. The van der Waals surface area contributed by atoms with Crippen molar-refractivity contribution >= 4 is 11.6 Å². The number of methoxy groups -OCH3 is 1. The third kappa shape index (κ3) is 7.40. The molecule has 0 radical (unpaired) electrons. The van der Waals surface area contributed by atoms with Crippen molar-refractivity contribution < 1.29 is 14.3 Å². The van der Waals surface area contributed by atoms with Crippen LogP contribution in [0.1, 0.15) is 50.2 Å². The van der Waals surface area contributed by atoms with Crippen LogP contribution < -0.4 is 9.64 Å². The molecule has 0 fully saturated rings. The molecule has 6 nitrogen and oxygen atoms in total. The summed E-state index contributed by atoms with van der Waals surface area (Å²) in [5.41, 5.74) is 5.56. The van der Waals surface area contributed by atoms with Gasteiger partial charge in [-0.1, -0.05) is 43.5 Å². The topological polar surface area (TPSA) is 54.9 Å². The van der Waals surface area contributed by atoms with E-state index >= 15 is 0 Å². The highest BCUT2D eigenvalue weighted by atomic mass is 16.5. The maximum absolute atomic E-state index is 13.2. The zero-order chi connectivity index (χ0) is 25.9. The SMILES string of the molecule is CCOc1ccccc1CN1CCCCCCCN(C(=O)COC)c2ccc(-c3ccncc3)cc2C1. The number of rotatable bonds is 7. The van der Waals surface area contributed by atoms with E-state index in [1.807, 2.05) is 42.4 Å². The Labute approximate surface area is 221 Å². The molecule has 37 heavy (non-hydrogen) atoms. The first-order valence-corrected chi connectivity index (χ1v) is 13.4. The molecule has 1 amide bonds. The molecule has 196 valence electrons. The minimum absolute atomic E-state index is 0.00529. The van der Waals surface area contributed by atoms with Crippen molar-refractivity contribution in [3.63, 3.8) is 0 Å². The van der Waals surface area contributed by atoms with Crippen LogP contribution in [-0.4, -0.2) is 49.2 Å². The largest absolute Gasteiger partial charge is 0.494 e. The van der Waals surface area contributed by atoms with Crippen LogP contribution in [0.2, 0.25) is 0 Å². The van der Waals surface area contributed by atoms with Crippen LogP contribution in [-0.2, 0) is 22.6 Å². The third-order valence-electron chi connectivity index (χ3n) is 6.87. The number of carbonyl (C=O) groups is 1. The summed E-state index contributed by atoms with van der Waals surface area (Å²) < 4.78 is 11.2. The van der Waals surface area contributed by atoms with Gasteiger partial charge in [-0.3, -0.25) is 14.7 Å². The van der Waals surface area contributed by atoms with E-state index in [1.165, 1.54) is 18.4 Å². The zero-order valence-electron chi connectivity index (χ0n) is 22.2. The van der Waals surface area contributed by atoms with Crippen LogP contribution in [0.4, 0.5) is 5.69 Å². The van der Waals surface area contributed by atoms with E-state index in [-0.39, 0.29) is 12.5 Å². The van der Waals surface area contributed by atoms with Gasteiger partial charge >= 0.3 is 0 Å². The summed E-state index contributed by atoms with van der Waals surface area (Å²) in [5.74, 6) is 0.949. The molecule has 0 spiro atoms. The van der Waals surface area contributed by atoms with Crippen molar-refractivity contribution in [3.8, 4) is 16.9 Å². The minimum Gasteiger partial charge on any atom is -0.494 e. The van der Waals surface area contributed by atoms with Gasteiger partial charge in [-0.25, -0.2) is 0 Å². The Kier molecular flexibility index (Phi) is 10.1. The summed E-state index contributed by atoms with van der Waals surface area (Å²) in [6.45, 7) is 5.98. The molecule has 0 aliphatic carbocycles. The summed E-state index contributed by atoms with van der Waals surface area (Å²) >= 11 is 0. The van der Waals surface area contributed by atoms with Gasteiger partial charge in [0.15, 0.2) is 0 Å². The molecule has 2 aromatic carbocycles. The second-order valence-electron chi connectivity index (χ2n) is 9.58. The minimum atomic E-state index is 0.00529. The maximum atomic E-state index is 13.2. The number of nitrogens with zero attached hydrogens (tertiary/aromatic N) is 3. The van der Waals surface area contributed by atoms with E-state index < -0.39 is 0 Å². The Hall–Kier alpha value is -3.22. The van der Waals surface area contributed by atoms with Crippen LogP contribution in [0.5, 0.6) is 5.75 Å². The van der Waals surface area contributed by atoms with E-state index in [9.17, 15) is 4.79 Å². The number of ether oxygens (including phenoxy) is 2.